The maximum absolute atomic E-state index is 10.6. The minimum absolute atomic E-state index is 0.148. The molecule has 0 aliphatic rings. The summed E-state index contributed by atoms with van der Waals surface area (Å²) >= 11 is 0. The number of carboxylic acids is 1. The first kappa shape index (κ1) is 16.1. The van der Waals surface area contributed by atoms with Gasteiger partial charge in [0.25, 0.3) is 0 Å². The normalized spacial score (nSPS) is 10.7. The van der Waals surface area contributed by atoms with Crippen LogP contribution in [0.4, 0.5) is 0 Å². The summed E-state index contributed by atoms with van der Waals surface area (Å²) in [4.78, 5) is 10.6. The fourth-order valence-corrected chi connectivity index (χ4v) is 2.31. The number of hydrogen-bond donors (Lipinski definition) is 1. The summed E-state index contributed by atoms with van der Waals surface area (Å²) in [6.07, 6.45) is 0.687. The molecular weight excluding hydrogens is 276 g/mol. The van der Waals surface area contributed by atoms with Gasteiger partial charge in [-0.25, -0.2) is 0 Å². The molecule has 0 amide bonds. The lowest BCUT2D eigenvalue weighted by Gasteiger charge is -2.15. The van der Waals surface area contributed by atoms with Crippen LogP contribution in [0.5, 0.6) is 11.5 Å². The van der Waals surface area contributed by atoms with Crippen LogP contribution in [0.15, 0.2) is 42.5 Å². The molecule has 22 heavy (non-hydrogen) atoms. The van der Waals surface area contributed by atoms with Gasteiger partial charge in [-0.3, -0.25) is 4.79 Å². The Kier molecular flexibility index (Phi) is 5.21. The molecular formula is C19H22O3. The van der Waals surface area contributed by atoms with Crippen LogP contribution < -0.4 is 4.74 Å². The van der Waals surface area contributed by atoms with E-state index in [0.29, 0.717) is 12.3 Å². The maximum Gasteiger partial charge on any atom is 0.303 e. The van der Waals surface area contributed by atoms with Crippen LogP contribution in [-0.4, -0.2) is 11.1 Å². The number of aliphatic carboxylic acids is 1. The first-order valence-corrected chi connectivity index (χ1v) is 7.55. The van der Waals surface area contributed by atoms with Crippen LogP contribution in [0, 0.1) is 6.92 Å². The Hall–Kier alpha value is -2.29. The van der Waals surface area contributed by atoms with Gasteiger partial charge in [-0.05, 0) is 54.2 Å². The second-order valence-electron chi connectivity index (χ2n) is 5.84. The molecule has 1 N–H and O–H groups in total. The second kappa shape index (κ2) is 7.12. The molecule has 0 aliphatic heterocycles. The molecule has 0 aromatic heterocycles. The summed E-state index contributed by atoms with van der Waals surface area (Å²) in [5, 5.41) is 8.71. The van der Waals surface area contributed by atoms with Crippen LogP contribution in [-0.2, 0) is 11.2 Å². The Morgan fingerprint density at radius 3 is 2.41 bits per heavy atom. The Morgan fingerprint density at radius 2 is 1.82 bits per heavy atom. The van der Waals surface area contributed by atoms with E-state index in [1.807, 2.05) is 37.3 Å². The van der Waals surface area contributed by atoms with Gasteiger partial charge in [0.05, 0.1) is 0 Å². The molecule has 2 aromatic carbocycles. The lowest BCUT2D eigenvalue weighted by Crippen LogP contribution is -1.97. The van der Waals surface area contributed by atoms with E-state index in [4.69, 9.17) is 9.84 Å². The lowest BCUT2D eigenvalue weighted by atomic mass is 10.0. The Balaban J connectivity index is 2.14. The van der Waals surface area contributed by atoms with Crippen molar-refractivity contribution >= 4 is 5.97 Å². The highest BCUT2D eigenvalue weighted by molar-refractivity contribution is 5.67. The summed E-state index contributed by atoms with van der Waals surface area (Å²) in [6, 6.07) is 13.9. The Bertz CT molecular complexity index is 642. The van der Waals surface area contributed by atoms with Gasteiger partial charge in [-0.15, -0.1) is 0 Å². The van der Waals surface area contributed by atoms with E-state index in [2.05, 4.69) is 26.0 Å². The molecule has 0 saturated carbocycles. The smallest absolute Gasteiger partial charge is 0.303 e. The molecule has 0 unspecified atom stereocenters. The van der Waals surface area contributed by atoms with Crippen molar-refractivity contribution in [2.45, 2.75) is 39.5 Å². The van der Waals surface area contributed by atoms with Crippen LogP contribution >= 0.6 is 0 Å². The third kappa shape index (κ3) is 4.35. The van der Waals surface area contributed by atoms with E-state index in [-0.39, 0.29) is 6.42 Å². The molecule has 2 aromatic rings. The van der Waals surface area contributed by atoms with Crippen molar-refractivity contribution in [1.82, 2.24) is 0 Å². The summed E-state index contributed by atoms with van der Waals surface area (Å²) < 4.78 is 6.02. The second-order valence-corrected chi connectivity index (χ2v) is 5.84. The zero-order chi connectivity index (χ0) is 16.1. The number of ether oxygens (including phenoxy) is 1. The third-order valence-corrected chi connectivity index (χ3v) is 3.57. The number of carboxylic acid groups (broad SMARTS) is 1. The van der Waals surface area contributed by atoms with E-state index in [0.717, 1.165) is 22.6 Å². The SMILES string of the molecule is Cc1ccc(C(C)C)c(Oc2ccc(CCC(=O)O)cc2)c1. The molecule has 3 heteroatoms. The quantitative estimate of drug-likeness (QED) is 0.822. The van der Waals surface area contributed by atoms with E-state index in [1.165, 1.54) is 5.56 Å². The van der Waals surface area contributed by atoms with Crippen molar-refractivity contribution in [2.75, 3.05) is 0 Å². The molecule has 0 saturated heterocycles. The van der Waals surface area contributed by atoms with E-state index < -0.39 is 5.97 Å². The maximum atomic E-state index is 10.6. The van der Waals surface area contributed by atoms with E-state index >= 15 is 0 Å². The Labute approximate surface area is 131 Å². The molecule has 0 atom stereocenters. The Morgan fingerprint density at radius 1 is 1.14 bits per heavy atom. The van der Waals surface area contributed by atoms with Gasteiger partial charge in [-0.1, -0.05) is 38.1 Å². The van der Waals surface area contributed by atoms with Gasteiger partial charge in [0.1, 0.15) is 11.5 Å². The highest BCUT2D eigenvalue weighted by atomic mass is 16.5. The molecule has 0 spiro atoms. The minimum atomic E-state index is -0.776. The topological polar surface area (TPSA) is 46.5 Å². The summed E-state index contributed by atoms with van der Waals surface area (Å²) in [5.41, 5.74) is 3.35. The molecule has 0 radical (unpaired) electrons. The molecule has 0 heterocycles. The number of hydrogen-bond acceptors (Lipinski definition) is 2. The number of rotatable bonds is 6. The van der Waals surface area contributed by atoms with Crippen molar-refractivity contribution in [3.63, 3.8) is 0 Å². The van der Waals surface area contributed by atoms with Gasteiger partial charge in [-0.2, -0.15) is 0 Å². The molecule has 3 nitrogen and oxygen atoms in total. The average molecular weight is 298 g/mol. The van der Waals surface area contributed by atoms with Gasteiger partial charge in [0, 0.05) is 6.42 Å². The molecule has 2 rings (SSSR count). The van der Waals surface area contributed by atoms with Crippen molar-refractivity contribution in [1.29, 1.82) is 0 Å². The fraction of sp³-hybridized carbons (Fsp3) is 0.316. The number of aryl methyl sites for hydroxylation is 2. The largest absolute Gasteiger partial charge is 0.481 e. The van der Waals surface area contributed by atoms with Crippen LogP contribution in [0.2, 0.25) is 0 Å². The number of benzene rings is 2. The average Bonchev–Trinajstić information content (AvgIpc) is 2.46. The summed E-state index contributed by atoms with van der Waals surface area (Å²) in [6.45, 7) is 6.34. The summed E-state index contributed by atoms with van der Waals surface area (Å²) in [7, 11) is 0. The van der Waals surface area contributed by atoms with Crippen molar-refractivity contribution < 1.29 is 14.6 Å². The minimum Gasteiger partial charge on any atom is -0.481 e. The van der Waals surface area contributed by atoms with Gasteiger partial charge >= 0.3 is 5.97 Å². The molecule has 0 bridgehead atoms. The van der Waals surface area contributed by atoms with Gasteiger partial charge in [0.2, 0.25) is 0 Å². The standard InChI is InChI=1S/C19H22O3/c1-13(2)17-10-4-14(3)12-18(17)22-16-8-5-15(6-9-16)7-11-19(20)21/h4-6,8-10,12-13H,7,11H2,1-3H3,(H,20,21). The zero-order valence-corrected chi connectivity index (χ0v) is 13.3. The number of carbonyl (C=O) groups is 1. The summed E-state index contributed by atoms with van der Waals surface area (Å²) in [5.74, 6) is 1.27. The van der Waals surface area contributed by atoms with Crippen molar-refractivity contribution in [2.24, 2.45) is 0 Å². The first-order chi connectivity index (χ1) is 10.5. The highest BCUT2D eigenvalue weighted by Crippen LogP contribution is 2.31. The zero-order valence-electron chi connectivity index (χ0n) is 13.3. The monoisotopic (exact) mass is 298 g/mol. The third-order valence-electron chi connectivity index (χ3n) is 3.57. The first-order valence-electron chi connectivity index (χ1n) is 7.55. The predicted molar refractivity (Wildman–Crippen MR) is 87.7 cm³/mol. The van der Waals surface area contributed by atoms with Crippen LogP contribution in [0.3, 0.4) is 0 Å². The lowest BCUT2D eigenvalue weighted by molar-refractivity contribution is -0.136. The van der Waals surface area contributed by atoms with Crippen LogP contribution in [0.1, 0.15) is 42.9 Å². The highest BCUT2D eigenvalue weighted by Gasteiger charge is 2.09. The van der Waals surface area contributed by atoms with Gasteiger partial charge < -0.3 is 9.84 Å². The molecule has 0 aliphatic carbocycles. The molecule has 0 fully saturated rings. The van der Waals surface area contributed by atoms with E-state index in [1.54, 1.807) is 0 Å². The van der Waals surface area contributed by atoms with Crippen molar-refractivity contribution in [3.8, 4) is 11.5 Å². The van der Waals surface area contributed by atoms with E-state index in [9.17, 15) is 4.79 Å². The van der Waals surface area contributed by atoms with Crippen LogP contribution in [0.25, 0.3) is 0 Å². The predicted octanol–water partition coefficient (Wildman–Crippen LogP) is 4.93. The molecule has 116 valence electrons. The van der Waals surface area contributed by atoms with Crippen molar-refractivity contribution in [3.05, 3.63) is 59.2 Å². The van der Waals surface area contributed by atoms with Gasteiger partial charge in [0.15, 0.2) is 0 Å². The fourth-order valence-electron chi connectivity index (χ4n) is 2.31.